The molecule has 0 unspecified atom stereocenters. The van der Waals surface area contributed by atoms with Crippen molar-refractivity contribution in [2.24, 2.45) is 7.05 Å². The molecule has 0 saturated carbocycles. The summed E-state index contributed by atoms with van der Waals surface area (Å²) in [5, 5.41) is 9.35. The second-order valence-electron chi connectivity index (χ2n) is 4.92. The van der Waals surface area contributed by atoms with Crippen LogP contribution >= 0.6 is 0 Å². The third-order valence-corrected chi connectivity index (χ3v) is 3.60. The number of hydrogen-bond acceptors (Lipinski definition) is 1. The third kappa shape index (κ3) is 2.61. The lowest BCUT2D eigenvalue weighted by molar-refractivity contribution is 0.843. The van der Waals surface area contributed by atoms with Gasteiger partial charge in [-0.05, 0) is 44.0 Å². The third-order valence-electron chi connectivity index (χ3n) is 3.60. The van der Waals surface area contributed by atoms with Gasteiger partial charge in [-0.15, -0.1) is 0 Å². The molecule has 1 aromatic heterocycles. The smallest absolute Gasteiger partial charge is 0.0998 e. The molecule has 2 aromatic rings. The fourth-order valence-electron chi connectivity index (χ4n) is 2.10. The van der Waals surface area contributed by atoms with Crippen molar-refractivity contribution < 1.29 is 0 Å². The normalized spacial score (nSPS) is 11.4. The quantitative estimate of drug-likeness (QED) is 0.740. The molecule has 0 aliphatic heterocycles. The van der Waals surface area contributed by atoms with Gasteiger partial charge in [-0.3, -0.25) is 0 Å². The first-order valence-electron chi connectivity index (χ1n) is 6.34. The molecule has 0 radical (unpaired) electrons. The van der Waals surface area contributed by atoms with E-state index in [0.29, 0.717) is 5.57 Å². The number of nitriles is 1. The van der Waals surface area contributed by atoms with Crippen LogP contribution < -0.4 is 0 Å². The summed E-state index contributed by atoms with van der Waals surface area (Å²) in [5.74, 6) is 0. The van der Waals surface area contributed by atoms with Gasteiger partial charge in [0.05, 0.1) is 11.6 Å². The summed E-state index contributed by atoms with van der Waals surface area (Å²) < 4.78 is 2.13. The fraction of sp³-hybridized carbons (Fsp3) is 0.235. The summed E-state index contributed by atoms with van der Waals surface area (Å²) in [4.78, 5) is 0. The molecule has 1 heterocycles. The maximum atomic E-state index is 9.35. The standard InChI is InChI=1S/C17H18N2/c1-12-5-7-15(8-6-12)17(11-18)10-16-9-13(2)19(4)14(16)3/h5-10H,1-4H3. The number of allylic oxidation sites excluding steroid dienone is 1. The Labute approximate surface area is 114 Å². The summed E-state index contributed by atoms with van der Waals surface area (Å²) >= 11 is 0. The van der Waals surface area contributed by atoms with Crippen molar-refractivity contribution in [2.75, 3.05) is 0 Å². The van der Waals surface area contributed by atoms with E-state index < -0.39 is 0 Å². The van der Waals surface area contributed by atoms with Gasteiger partial charge in [-0.1, -0.05) is 29.8 Å². The van der Waals surface area contributed by atoms with Gasteiger partial charge in [0.1, 0.15) is 0 Å². The Bertz CT molecular complexity index is 665. The van der Waals surface area contributed by atoms with E-state index in [2.05, 4.69) is 30.6 Å². The molecule has 0 bridgehead atoms. The van der Waals surface area contributed by atoms with E-state index >= 15 is 0 Å². The van der Waals surface area contributed by atoms with Crippen LogP contribution in [0.5, 0.6) is 0 Å². The molecule has 0 saturated heterocycles. The SMILES string of the molecule is Cc1ccc(C(C#N)=Cc2cc(C)n(C)c2C)cc1. The molecule has 2 nitrogen and oxygen atoms in total. The van der Waals surface area contributed by atoms with E-state index in [9.17, 15) is 5.26 Å². The second kappa shape index (κ2) is 5.16. The minimum Gasteiger partial charge on any atom is -0.352 e. The number of hydrogen-bond donors (Lipinski definition) is 0. The summed E-state index contributed by atoms with van der Waals surface area (Å²) in [5.41, 5.74) is 6.36. The molecular formula is C17H18N2. The Morgan fingerprint density at radius 2 is 1.79 bits per heavy atom. The molecule has 0 N–H and O–H groups in total. The molecule has 0 atom stereocenters. The van der Waals surface area contributed by atoms with E-state index in [1.165, 1.54) is 17.0 Å². The van der Waals surface area contributed by atoms with Crippen molar-refractivity contribution in [1.29, 1.82) is 5.26 Å². The van der Waals surface area contributed by atoms with Gasteiger partial charge < -0.3 is 4.57 Å². The molecule has 0 spiro atoms. The number of aromatic nitrogens is 1. The highest BCUT2D eigenvalue weighted by atomic mass is 14.9. The summed E-state index contributed by atoms with van der Waals surface area (Å²) in [6.45, 7) is 6.19. The van der Waals surface area contributed by atoms with E-state index in [-0.39, 0.29) is 0 Å². The van der Waals surface area contributed by atoms with Crippen molar-refractivity contribution in [3.8, 4) is 6.07 Å². The lowest BCUT2D eigenvalue weighted by Gasteiger charge is -2.02. The highest BCUT2D eigenvalue weighted by Crippen LogP contribution is 2.22. The van der Waals surface area contributed by atoms with Crippen LogP contribution in [0.25, 0.3) is 11.6 Å². The minimum atomic E-state index is 0.703. The lowest BCUT2D eigenvalue weighted by atomic mass is 10.0. The molecule has 0 fully saturated rings. The van der Waals surface area contributed by atoms with Crippen molar-refractivity contribution in [2.45, 2.75) is 20.8 Å². The van der Waals surface area contributed by atoms with Crippen LogP contribution in [-0.4, -0.2) is 4.57 Å². The van der Waals surface area contributed by atoms with Crippen LogP contribution in [0.2, 0.25) is 0 Å². The van der Waals surface area contributed by atoms with Crippen LogP contribution in [0.15, 0.2) is 30.3 Å². The van der Waals surface area contributed by atoms with Crippen molar-refractivity contribution in [3.05, 3.63) is 58.4 Å². The molecular weight excluding hydrogens is 232 g/mol. The Morgan fingerprint density at radius 3 is 2.26 bits per heavy atom. The fourth-order valence-corrected chi connectivity index (χ4v) is 2.10. The first-order chi connectivity index (χ1) is 9.02. The van der Waals surface area contributed by atoms with Gasteiger partial charge in [0.15, 0.2) is 0 Å². The van der Waals surface area contributed by atoms with E-state index in [0.717, 1.165) is 11.1 Å². The molecule has 2 heteroatoms. The van der Waals surface area contributed by atoms with Crippen molar-refractivity contribution >= 4 is 11.6 Å². The van der Waals surface area contributed by atoms with Crippen LogP contribution in [-0.2, 0) is 7.05 Å². The van der Waals surface area contributed by atoms with Gasteiger partial charge in [0.2, 0.25) is 0 Å². The predicted octanol–water partition coefficient (Wildman–Crippen LogP) is 4.01. The van der Waals surface area contributed by atoms with Crippen molar-refractivity contribution in [1.82, 2.24) is 4.57 Å². The van der Waals surface area contributed by atoms with Gasteiger partial charge >= 0.3 is 0 Å². The highest BCUT2D eigenvalue weighted by molar-refractivity contribution is 5.90. The minimum absolute atomic E-state index is 0.703. The number of rotatable bonds is 2. The molecule has 2 rings (SSSR count). The Morgan fingerprint density at radius 1 is 1.16 bits per heavy atom. The van der Waals surface area contributed by atoms with Gasteiger partial charge in [0, 0.05) is 18.4 Å². The topological polar surface area (TPSA) is 28.7 Å². The number of nitrogens with zero attached hydrogens (tertiary/aromatic N) is 2. The maximum Gasteiger partial charge on any atom is 0.0998 e. The van der Waals surface area contributed by atoms with Crippen LogP contribution in [0.4, 0.5) is 0 Å². The van der Waals surface area contributed by atoms with E-state index in [4.69, 9.17) is 0 Å². The van der Waals surface area contributed by atoms with Crippen LogP contribution in [0, 0.1) is 32.1 Å². The zero-order valence-corrected chi connectivity index (χ0v) is 11.9. The molecule has 0 amide bonds. The zero-order valence-electron chi connectivity index (χ0n) is 11.9. The lowest BCUT2D eigenvalue weighted by Crippen LogP contribution is -1.92. The number of benzene rings is 1. The summed E-state index contributed by atoms with van der Waals surface area (Å²) in [6, 6.07) is 12.5. The van der Waals surface area contributed by atoms with E-state index in [1.54, 1.807) is 0 Å². The Hall–Kier alpha value is -2.27. The van der Waals surface area contributed by atoms with Gasteiger partial charge in [0.25, 0.3) is 0 Å². The molecule has 0 aliphatic rings. The number of aryl methyl sites for hydroxylation is 2. The Kier molecular flexibility index (Phi) is 3.57. The average Bonchev–Trinajstić information content (AvgIpc) is 2.65. The summed E-state index contributed by atoms with van der Waals surface area (Å²) in [6.07, 6.45) is 1.97. The van der Waals surface area contributed by atoms with Gasteiger partial charge in [-0.2, -0.15) is 5.26 Å². The second-order valence-corrected chi connectivity index (χ2v) is 4.92. The molecule has 96 valence electrons. The maximum absolute atomic E-state index is 9.35. The predicted molar refractivity (Wildman–Crippen MR) is 79.6 cm³/mol. The largest absolute Gasteiger partial charge is 0.352 e. The van der Waals surface area contributed by atoms with Gasteiger partial charge in [-0.25, -0.2) is 0 Å². The monoisotopic (exact) mass is 250 g/mol. The van der Waals surface area contributed by atoms with Crippen molar-refractivity contribution in [3.63, 3.8) is 0 Å². The highest BCUT2D eigenvalue weighted by Gasteiger charge is 2.06. The average molecular weight is 250 g/mol. The first-order valence-corrected chi connectivity index (χ1v) is 6.34. The first kappa shape index (κ1) is 13.2. The van der Waals surface area contributed by atoms with Crippen LogP contribution in [0.1, 0.15) is 28.1 Å². The summed E-state index contributed by atoms with van der Waals surface area (Å²) in [7, 11) is 2.04. The molecule has 1 aromatic carbocycles. The van der Waals surface area contributed by atoms with E-state index in [1.807, 2.05) is 44.3 Å². The Balaban J connectivity index is 2.47. The van der Waals surface area contributed by atoms with Crippen LogP contribution in [0.3, 0.4) is 0 Å². The zero-order chi connectivity index (χ0) is 14.0. The molecule has 19 heavy (non-hydrogen) atoms. The molecule has 0 aliphatic carbocycles.